The van der Waals surface area contributed by atoms with E-state index in [9.17, 15) is 14.7 Å². The zero-order chi connectivity index (χ0) is 19.2. The molecule has 1 heterocycles. The zero-order valence-electron chi connectivity index (χ0n) is 14.6. The lowest BCUT2D eigenvalue weighted by molar-refractivity contribution is 0.252. The number of anilines is 1. The maximum absolute atomic E-state index is 12.1. The summed E-state index contributed by atoms with van der Waals surface area (Å²) in [5.74, 6) is -0.232. The van der Waals surface area contributed by atoms with Gasteiger partial charge in [0.1, 0.15) is 5.56 Å². The molecule has 0 bridgehead atoms. The van der Waals surface area contributed by atoms with E-state index in [1.165, 1.54) is 0 Å². The van der Waals surface area contributed by atoms with Crippen LogP contribution in [0.25, 0.3) is 0 Å². The maximum atomic E-state index is 12.1. The Balaban J connectivity index is 1.76. The first-order valence-electron chi connectivity index (χ1n) is 8.79. The Hall–Kier alpha value is -2.94. The molecule has 4 N–H and O–H groups in total. The van der Waals surface area contributed by atoms with Gasteiger partial charge in [-0.2, -0.15) is 5.10 Å². The minimum absolute atomic E-state index is 0.0459. The van der Waals surface area contributed by atoms with E-state index < -0.39 is 11.6 Å². The summed E-state index contributed by atoms with van der Waals surface area (Å²) in [7, 11) is 0. The molecular weight excluding hydrogens is 366 g/mol. The van der Waals surface area contributed by atoms with Crippen molar-refractivity contribution in [3.8, 4) is 5.88 Å². The molecule has 1 aliphatic carbocycles. The van der Waals surface area contributed by atoms with Gasteiger partial charge < -0.3 is 10.4 Å². The van der Waals surface area contributed by atoms with Crippen LogP contribution in [-0.4, -0.2) is 26.9 Å². The number of aromatic amines is 1. The van der Waals surface area contributed by atoms with E-state index in [1.807, 2.05) is 6.07 Å². The van der Waals surface area contributed by atoms with Crippen LogP contribution in [-0.2, 0) is 0 Å². The first kappa shape index (κ1) is 18.8. The van der Waals surface area contributed by atoms with Gasteiger partial charge in [0.05, 0.1) is 6.21 Å². The van der Waals surface area contributed by atoms with E-state index in [0.717, 1.165) is 38.3 Å². The number of aromatic nitrogens is 2. The van der Waals surface area contributed by atoms with Gasteiger partial charge in [0.2, 0.25) is 5.88 Å². The van der Waals surface area contributed by atoms with Crippen molar-refractivity contribution in [1.29, 1.82) is 0 Å². The molecule has 0 saturated heterocycles. The van der Waals surface area contributed by atoms with Gasteiger partial charge in [-0.1, -0.05) is 37.5 Å². The molecule has 3 rings (SSSR count). The number of amides is 2. The van der Waals surface area contributed by atoms with Crippen LogP contribution in [0.3, 0.4) is 0 Å². The van der Waals surface area contributed by atoms with Crippen LogP contribution < -0.4 is 16.3 Å². The number of nitrogens with one attached hydrogen (secondary N) is 3. The van der Waals surface area contributed by atoms with Crippen molar-refractivity contribution in [2.75, 3.05) is 5.32 Å². The van der Waals surface area contributed by atoms with Gasteiger partial charge in [-0.3, -0.25) is 14.3 Å². The number of benzene rings is 1. The molecule has 1 aromatic carbocycles. The molecular formula is C18H21N5O3S. The van der Waals surface area contributed by atoms with E-state index in [-0.39, 0.29) is 22.3 Å². The summed E-state index contributed by atoms with van der Waals surface area (Å²) in [6.07, 6.45) is 6.16. The normalized spacial score (nSPS) is 15.0. The Labute approximate surface area is 160 Å². The Morgan fingerprint density at radius 1 is 1.26 bits per heavy atom. The van der Waals surface area contributed by atoms with Crippen LogP contribution in [0.4, 0.5) is 10.5 Å². The second-order valence-electron chi connectivity index (χ2n) is 6.35. The quantitative estimate of drug-likeness (QED) is 0.366. The third-order valence-corrected chi connectivity index (χ3v) is 4.78. The van der Waals surface area contributed by atoms with Gasteiger partial charge in [-0.05, 0) is 37.2 Å². The number of aromatic hydroxyl groups is 1. The fourth-order valence-electron chi connectivity index (χ4n) is 3.18. The molecule has 0 unspecified atom stereocenters. The van der Waals surface area contributed by atoms with Gasteiger partial charge in [-0.25, -0.2) is 10.2 Å². The highest BCUT2D eigenvalue weighted by molar-refractivity contribution is 7.71. The van der Waals surface area contributed by atoms with Crippen molar-refractivity contribution in [3.05, 3.63) is 51.0 Å². The molecule has 0 radical (unpaired) electrons. The number of hydrogen-bond donors (Lipinski definition) is 4. The van der Waals surface area contributed by atoms with Crippen LogP contribution in [0.1, 0.15) is 43.7 Å². The number of rotatable bonds is 4. The molecule has 2 amide bonds. The Morgan fingerprint density at radius 2 is 1.96 bits per heavy atom. The molecule has 27 heavy (non-hydrogen) atoms. The molecule has 0 aliphatic heterocycles. The second kappa shape index (κ2) is 8.63. The Morgan fingerprint density at radius 3 is 2.67 bits per heavy atom. The van der Waals surface area contributed by atoms with Crippen molar-refractivity contribution < 1.29 is 9.90 Å². The summed E-state index contributed by atoms with van der Waals surface area (Å²) in [6.45, 7) is 0. The topological polar surface area (TPSA) is 112 Å². The number of nitrogens with zero attached hydrogens (tertiary/aromatic N) is 2. The number of para-hydroxylation sites is 1. The number of hydrazone groups is 1. The molecule has 9 heteroatoms. The smallest absolute Gasteiger partial charge is 0.339 e. The number of urea groups is 1. The highest BCUT2D eigenvalue weighted by atomic mass is 32.1. The van der Waals surface area contributed by atoms with Gasteiger partial charge >= 0.3 is 6.03 Å². The van der Waals surface area contributed by atoms with Crippen molar-refractivity contribution in [2.45, 2.75) is 38.1 Å². The molecule has 1 aromatic heterocycles. The lowest BCUT2D eigenvalue weighted by Crippen LogP contribution is -2.26. The van der Waals surface area contributed by atoms with E-state index in [2.05, 4.69) is 20.8 Å². The van der Waals surface area contributed by atoms with Gasteiger partial charge in [0.15, 0.2) is 4.77 Å². The van der Waals surface area contributed by atoms with Gasteiger partial charge in [0, 0.05) is 11.7 Å². The Kier molecular flexibility index (Phi) is 6.02. The first-order chi connectivity index (χ1) is 13.1. The highest BCUT2D eigenvalue weighted by Gasteiger charge is 2.21. The van der Waals surface area contributed by atoms with Crippen LogP contribution in [0.15, 0.2) is 40.2 Å². The fraction of sp³-hybridized carbons (Fsp3) is 0.333. The number of carbonyl (C=O) groups is 1. The van der Waals surface area contributed by atoms with Crippen LogP contribution in [0, 0.1) is 4.77 Å². The van der Waals surface area contributed by atoms with Gasteiger partial charge in [0.25, 0.3) is 5.56 Å². The second-order valence-corrected chi connectivity index (χ2v) is 6.74. The molecule has 0 atom stereocenters. The third kappa shape index (κ3) is 4.62. The van der Waals surface area contributed by atoms with Crippen molar-refractivity contribution >= 4 is 30.2 Å². The van der Waals surface area contributed by atoms with Crippen molar-refractivity contribution in [3.63, 3.8) is 0 Å². The summed E-state index contributed by atoms with van der Waals surface area (Å²) < 4.78 is 1.76. The summed E-state index contributed by atoms with van der Waals surface area (Å²) in [4.78, 5) is 26.5. The molecule has 1 aliphatic rings. The molecule has 8 nitrogen and oxygen atoms in total. The fourth-order valence-corrected chi connectivity index (χ4v) is 3.51. The summed E-state index contributed by atoms with van der Waals surface area (Å²) in [5, 5.41) is 16.9. The minimum Gasteiger partial charge on any atom is -0.494 e. The predicted molar refractivity (Wildman–Crippen MR) is 106 cm³/mol. The summed E-state index contributed by atoms with van der Waals surface area (Å²) in [5.41, 5.74) is 2.27. The number of hydrogen-bond acceptors (Lipinski definition) is 5. The van der Waals surface area contributed by atoms with Crippen molar-refractivity contribution in [1.82, 2.24) is 15.0 Å². The molecule has 0 spiro atoms. The third-order valence-electron chi connectivity index (χ3n) is 4.48. The van der Waals surface area contributed by atoms with E-state index in [0.29, 0.717) is 5.69 Å². The summed E-state index contributed by atoms with van der Waals surface area (Å²) in [6, 6.07) is 8.36. The molecule has 1 fully saturated rings. The predicted octanol–water partition coefficient (Wildman–Crippen LogP) is 3.27. The van der Waals surface area contributed by atoms with Crippen molar-refractivity contribution in [2.24, 2.45) is 5.10 Å². The van der Waals surface area contributed by atoms with E-state index in [1.54, 1.807) is 28.8 Å². The largest absolute Gasteiger partial charge is 0.494 e. The number of H-pyrrole nitrogens is 1. The first-order valence-corrected chi connectivity index (χ1v) is 9.20. The maximum Gasteiger partial charge on any atom is 0.339 e. The SMILES string of the molecule is O=C(NN=Cc1c(O)n(C2CCCCC2)c(=S)[nH]c1=O)Nc1ccccc1. The summed E-state index contributed by atoms with van der Waals surface area (Å²) >= 11 is 5.22. The van der Waals surface area contributed by atoms with E-state index >= 15 is 0 Å². The van der Waals surface area contributed by atoms with Gasteiger partial charge in [-0.15, -0.1) is 0 Å². The standard InChI is InChI=1S/C18H21N5O3S/c24-15-14(11-19-22-17(26)20-12-7-3-1-4-8-12)16(25)23(18(27)21-15)13-9-5-2-6-10-13/h1,3-4,7-8,11,13,25H,2,5-6,9-10H2,(H2,20,22,26)(H,21,24,27). The van der Waals surface area contributed by atoms with Crippen LogP contribution in [0.2, 0.25) is 0 Å². The van der Waals surface area contributed by atoms with E-state index in [4.69, 9.17) is 12.2 Å². The monoisotopic (exact) mass is 387 g/mol. The molecule has 142 valence electrons. The lowest BCUT2D eigenvalue weighted by atomic mass is 9.95. The average Bonchev–Trinajstić information content (AvgIpc) is 2.66. The lowest BCUT2D eigenvalue weighted by Gasteiger charge is -2.25. The molecule has 2 aromatic rings. The highest BCUT2D eigenvalue weighted by Crippen LogP contribution is 2.31. The number of carbonyl (C=O) groups excluding carboxylic acids is 1. The van der Waals surface area contributed by atoms with Crippen LogP contribution >= 0.6 is 12.2 Å². The van der Waals surface area contributed by atoms with Crippen LogP contribution in [0.5, 0.6) is 5.88 Å². The Bertz CT molecular complexity index is 946. The molecule has 1 saturated carbocycles. The average molecular weight is 387 g/mol. The minimum atomic E-state index is -0.562. The zero-order valence-corrected chi connectivity index (χ0v) is 15.5.